The second-order valence-corrected chi connectivity index (χ2v) is 3.20. The molecule has 4 nitrogen and oxygen atoms in total. The molecule has 0 saturated carbocycles. The summed E-state index contributed by atoms with van der Waals surface area (Å²) in [6.07, 6.45) is 0.313. The first kappa shape index (κ1) is 12.5. The second-order valence-electron chi connectivity index (χ2n) is 3.20. The van der Waals surface area contributed by atoms with E-state index in [1.807, 2.05) is 0 Å². The maximum Gasteiger partial charge on any atom is 0.172 e. The van der Waals surface area contributed by atoms with E-state index in [2.05, 4.69) is 0 Å². The molecular formula is C12H16O4. The van der Waals surface area contributed by atoms with Gasteiger partial charge < -0.3 is 14.2 Å². The zero-order chi connectivity index (χ0) is 12.0. The van der Waals surface area contributed by atoms with Crippen molar-refractivity contribution in [1.29, 1.82) is 0 Å². The van der Waals surface area contributed by atoms with Gasteiger partial charge in [-0.15, -0.1) is 0 Å². The SMILES string of the molecule is COCCC(=O)c1c(OC)cccc1OC. The fraction of sp³-hybridized carbons (Fsp3) is 0.417. The molecule has 0 N–H and O–H groups in total. The highest BCUT2D eigenvalue weighted by Gasteiger charge is 2.17. The van der Waals surface area contributed by atoms with Gasteiger partial charge >= 0.3 is 0 Å². The van der Waals surface area contributed by atoms with Crippen molar-refractivity contribution < 1.29 is 19.0 Å². The van der Waals surface area contributed by atoms with Crippen molar-refractivity contribution in [1.82, 2.24) is 0 Å². The van der Waals surface area contributed by atoms with Gasteiger partial charge in [0.05, 0.1) is 20.8 Å². The molecule has 0 aliphatic rings. The molecule has 0 heterocycles. The number of ketones is 1. The monoisotopic (exact) mass is 224 g/mol. The lowest BCUT2D eigenvalue weighted by Crippen LogP contribution is -2.07. The van der Waals surface area contributed by atoms with Crippen LogP contribution >= 0.6 is 0 Å². The predicted octanol–water partition coefficient (Wildman–Crippen LogP) is 1.92. The van der Waals surface area contributed by atoms with E-state index in [4.69, 9.17) is 14.2 Å². The van der Waals surface area contributed by atoms with Crippen LogP contribution in [-0.4, -0.2) is 33.7 Å². The highest BCUT2D eigenvalue weighted by molar-refractivity contribution is 6.01. The van der Waals surface area contributed by atoms with Gasteiger partial charge in [0.1, 0.15) is 17.1 Å². The molecule has 0 fully saturated rings. The van der Waals surface area contributed by atoms with Gasteiger partial charge in [0.25, 0.3) is 0 Å². The van der Waals surface area contributed by atoms with Gasteiger partial charge in [0, 0.05) is 13.5 Å². The van der Waals surface area contributed by atoms with Crippen LogP contribution in [0.2, 0.25) is 0 Å². The number of hydrogen-bond donors (Lipinski definition) is 0. The number of Topliss-reactive ketones (excluding diaryl/α,β-unsaturated/α-hetero) is 1. The maximum atomic E-state index is 11.9. The Bertz CT molecular complexity index is 338. The molecule has 0 aromatic heterocycles. The van der Waals surface area contributed by atoms with Crippen molar-refractivity contribution in [3.8, 4) is 11.5 Å². The van der Waals surface area contributed by atoms with Crippen LogP contribution in [0.1, 0.15) is 16.8 Å². The van der Waals surface area contributed by atoms with Crippen LogP contribution in [0.25, 0.3) is 0 Å². The molecule has 0 aliphatic heterocycles. The molecule has 88 valence electrons. The van der Waals surface area contributed by atoms with E-state index in [-0.39, 0.29) is 5.78 Å². The topological polar surface area (TPSA) is 44.8 Å². The van der Waals surface area contributed by atoms with Crippen LogP contribution in [0.3, 0.4) is 0 Å². The van der Waals surface area contributed by atoms with E-state index < -0.39 is 0 Å². The number of benzene rings is 1. The molecule has 0 amide bonds. The first-order valence-corrected chi connectivity index (χ1v) is 4.97. The molecule has 1 aromatic rings. The Balaban J connectivity index is 3.03. The summed E-state index contributed by atoms with van der Waals surface area (Å²) in [7, 11) is 4.62. The van der Waals surface area contributed by atoms with E-state index in [1.54, 1.807) is 25.3 Å². The normalized spacial score (nSPS) is 9.94. The molecule has 0 spiro atoms. The third kappa shape index (κ3) is 2.73. The Kier molecular flexibility index (Phi) is 4.79. The summed E-state index contributed by atoms with van der Waals surface area (Å²) in [6.45, 7) is 0.389. The van der Waals surface area contributed by atoms with E-state index >= 15 is 0 Å². The number of methoxy groups -OCH3 is 3. The van der Waals surface area contributed by atoms with Crippen molar-refractivity contribution in [2.75, 3.05) is 27.9 Å². The van der Waals surface area contributed by atoms with Gasteiger partial charge in [-0.05, 0) is 12.1 Å². The summed E-state index contributed by atoms with van der Waals surface area (Å²) in [5, 5.41) is 0. The maximum absolute atomic E-state index is 11.9. The number of hydrogen-bond acceptors (Lipinski definition) is 4. The summed E-state index contributed by atoms with van der Waals surface area (Å²) in [5.74, 6) is 1.01. The minimum Gasteiger partial charge on any atom is -0.496 e. The molecular weight excluding hydrogens is 208 g/mol. The van der Waals surface area contributed by atoms with Crippen molar-refractivity contribution >= 4 is 5.78 Å². The van der Waals surface area contributed by atoms with Gasteiger partial charge in [0.2, 0.25) is 0 Å². The lowest BCUT2D eigenvalue weighted by Gasteiger charge is -2.11. The standard InChI is InChI=1S/C12H16O4/c1-14-8-7-9(13)12-10(15-2)5-4-6-11(12)16-3/h4-6H,7-8H2,1-3H3. The van der Waals surface area contributed by atoms with Crippen molar-refractivity contribution in [3.05, 3.63) is 23.8 Å². The summed E-state index contributed by atoms with van der Waals surface area (Å²) in [4.78, 5) is 11.9. The van der Waals surface area contributed by atoms with Gasteiger partial charge in [-0.3, -0.25) is 4.79 Å². The third-order valence-corrected chi connectivity index (χ3v) is 2.24. The summed E-state index contributed by atoms with van der Waals surface area (Å²) < 4.78 is 15.2. The van der Waals surface area contributed by atoms with Crippen molar-refractivity contribution in [2.24, 2.45) is 0 Å². The summed E-state index contributed by atoms with van der Waals surface area (Å²) >= 11 is 0. The van der Waals surface area contributed by atoms with Crippen molar-refractivity contribution in [3.63, 3.8) is 0 Å². The Labute approximate surface area is 95.1 Å². The number of ether oxygens (including phenoxy) is 3. The van der Waals surface area contributed by atoms with E-state index in [0.717, 1.165) is 0 Å². The van der Waals surface area contributed by atoms with Crippen LogP contribution in [0, 0.1) is 0 Å². The van der Waals surface area contributed by atoms with Gasteiger partial charge in [-0.25, -0.2) is 0 Å². The molecule has 0 bridgehead atoms. The molecule has 1 aromatic carbocycles. The molecule has 16 heavy (non-hydrogen) atoms. The molecule has 0 radical (unpaired) electrons. The Morgan fingerprint density at radius 3 is 2.12 bits per heavy atom. The minimum atomic E-state index is -0.0452. The first-order chi connectivity index (χ1) is 7.74. The van der Waals surface area contributed by atoms with E-state index in [0.29, 0.717) is 30.1 Å². The molecule has 0 atom stereocenters. The van der Waals surface area contributed by atoms with Gasteiger partial charge in [-0.2, -0.15) is 0 Å². The zero-order valence-corrected chi connectivity index (χ0v) is 9.78. The lowest BCUT2D eigenvalue weighted by atomic mass is 10.1. The Morgan fingerprint density at radius 1 is 1.12 bits per heavy atom. The van der Waals surface area contributed by atoms with Crippen LogP contribution in [-0.2, 0) is 4.74 Å². The quantitative estimate of drug-likeness (QED) is 0.692. The summed E-state index contributed by atoms with van der Waals surface area (Å²) in [6, 6.07) is 5.26. The van der Waals surface area contributed by atoms with Crippen LogP contribution in [0.15, 0.2) is 18.2 Å². The fourth-order valence-electron chi connectivity index (χ4n) is 1.45. The predicted molar refractivity (Wildman–Crippen MR) is 60.4 cm³/mol. The minimum absolute atomic E-state index is 0.0452. The lowest BCUT2D eigenvalue weighted by molar-refractivity contribution is 0.0926. The number of carbonyl (C=O) groups excluding carboxylic acids is 1. The molecule has 0 unspecified atom stereocenters. The average molecular weight is 224 g/mol. The van der Waals surface area contributed by atoms with Crippen LogP contribution in [0.5, 0.6) is 11.5 Å². The third-order valence-electron chi connectivity index (χ3n) is 2.24. The van der Waals surface area contributed by atoms with E-state index in [1.165, 1.54) is 14.2 Å². The fourth-order valence-corrected chi connectivity index (χ4v) is 1.45. The highest BCUT2D eigenvalue weighted by Crippen LogP contribution is 2.29. The molecule has 4 heteroatoms. The Morgan fingerprint density at radius 2 is 1.69 bits per heavy atom. The Hall–Kier alpha value is -1.55. The second kappa shape index (κ2) is 6.12. The molecule has 0 aliphatic carbocycles. The van der Waals surface area contributed by atoms with Crippen LogP contribution < -0.4 is 9.47 Å². The first-order valence-electron chi connectivity index (χ1n) is 4.97. The van der Waals surface area contributed by atoms with Gasteiger partial charge in [0.15, 0.2) is 5.78 Å². The molecule has 0 saturated heterocycles. The molecule has 1 rings (SSSR count). The van der Waals surface area contributed by atoms with Crippen LogP contribution in [0.4, 0.5) is 0 Å². The highest BCUT2D eigenvalue weighted by atomic mass is 16.5. The number of rotatable bonds is 6. The summed E-state index contributed by atoms with van der Waals surface area (Å²) in [5.41, 5.74) is 0.476. The largest absolute Gasteiger partial charge is 0.496 e. The zero-order valence-electron chi connectivity index (χ0n) is 9.78. The van der Waals surface area contributed by atoms with Crippen molar-refractivity contribution in [2.45, 2.75) is 6.42 Å². The smallest absolute Gasteiger partial charge is 0.172 e. The van der Waals surface area contributed by atoms with Gasteiger partial charge in [-0.1, -0.05) is 6.07 Å². The number of carbonyl (C=O) groups is 1. The average Bonchev–Trinajstić information content (AvgIpc) is 2.34. The van der Waals surface area contributed by atoms with E-state index in [9.17, 15) is 4.79 Å².